The van der Waals surface area contributed by atoms with Gasteiger partial charge in [-0.25, -0.2) is 16.8 Å². The van der Waals surface area contributed by atoms with Crippen LogP contribution in [0.2, 0.25) is 0 Å². The van der Waals surface area contributed by atoms with E-state index in [1.165, 1.54) is 16.4 Å². The highest BCUT2D eigenvalue weighted by Gasteiger charge is 2.40. The van der Waals surface area contributed by atoms with Crippen molar-refractivity contribution in [3.05, 3.63) is 18.2 Å². The lowest BCUT2D eigenvalue weighted by atomic mass is 10.2. The Hall–Kier alpha value is -1.36. The summed E-state index contributed by atoms with van der Waals surface area (Å²) in [5.74, 6) is 0.757. The number of rotatable bonds is 5. The average molecular weight is 418 g/mol. The standard InChI is InChI=1S/C17H23NO7S2/c19-26(20)9-5-13(12-26)18(11-14-2-1-6-23-14)27(21,22)15-3-4-16-17(10-15)25-8-7-24-16/h3-4,10,13-14H,1-2,5-9,11-12H2/t13-,14-/m1/s1. The molecule has 0 saturated carbocycles. The molecule has 2 saturated heterocycles. The first-order chi connectivity index (χ1) is 12.9. The Bertz CT molecular complexity index is 907. The molecule has 2 atom stereocenters. The lowest BCUT2D eigenvalue weighted by molar-refractivity contribution is 0.0877. The maximum atomic E-state index is 13.4. The Kier molecular flexibility index (Phi) is 5.08. The maximum absolute atomic E-state index is 13.4. The van der Waals surface area contributed by atoms with E-state index >= 15 is 0 Å². The van der Waals surface area contributed by atoms with Crippen LogP contribution < -0.4 is 9.47 Å². The molecule has 2 fully saturated rings. The highest BCUT2D eigenvalue weighted by Crippen LogP contribution is 2.34. The van der Waals surface area contributed by atoms with Crippen molar-refractivity contribution in [1.82, 2.24) is 4.31 Å². The zero-order chi connectivity index (χ0) is 19.1. The fraction of sp³-hybridized carbons (Fsp3) is 0.647. The van der Waals surface area contributed by atoms with E-state index in [0.717, 1.165) is 12.8 Å². The van der Waals surface area contributed by atoms with Gasteiger partial charge in [0.05, 0.1) is 22.5 Å². The van der Waals surface area contributed by atoms with Gasteiger partial charge >= 0.3 is 0 Å². The summed E-state index contributed by atoms with van der Waals surface area (Å²) >= 11 is 0. The molecule has 0 bridgehead atoms. The number of benzene rings is 1. The summed E-state index contributed by atoms with van der Waals surface area (Å²) in [5, 5.41) is 0. The van der Waals surface area contributed by atoms with Gasteiger partial charge in [-0.3, -0.25) is 0 Å². The number of hydrogen-bond acceptors (Lipinski definition) is 7. The van der Waals surface area contributed by atoms with E-state index in [0.29, 0.717) is 37.7 Å². The molecule has 3 aliphatic rings. The number of nitrogens with zero attached hydrogens (tertiary/aromatic N) is 1. The molecule has 0 aromatic heterocycles. The van der Waals surface area contributed by atoms with Crippen LogP contribution in [0.1, 0.15) is 19.3 Å². The summed E-state index contributed by atoms with van der Waals surface area (Å²) in [6.07, 6.45) is 1.75. The van der Waals surface area contributed by atoms with Crippen LogP contribution in [-0.4, -0.2) is 71.2 Å². The molecule has 4 rings (SSSR count). The monoisotopic (exact) mass is 417 g/mol. The number of sulfonamides is 1. The second-order valence-corrected chi connectivity index (χ2v) is 11.2. The molecule has 0 radical (unpaired) electrons. The van der Waals surface area contributed by atoms with Gasteiger partial charge in [0.1, 0.15) is 13.2 Å². The Morgan fingerprint density at radius 2 is 1.85 bits per heavy atom. The molecule has 150 valence electrons. The van der Waals surface area contributed by atoms with Gasteiger partial charge in [0, 0.05) is 25.3 Å². The van der Waals surface area contributed by atoms with Crippen molar-refractivity contribution in [2.24, 2.45) is 0 Å². The minimum Gasteiger partial charge on any atom is -0.486 e. The zero-order valence-corrected chi connectivity index (χ0v) is 16.5. The van der Waals surface area contributed by atoms with Crippen molar-refractivity contribution in [3.8, 4) is 11.5 Å². The number of hydrogen-bond donors (Lipinski definition) is 0. The summed E-state index contributed by atoms with van der Waals surface area (Å²) in [7, 11) is -7.12. The van der Waals surface area contributed by atoms with E-state index < -0.39 is 25.9 Å². The third kappa shape index (κ3) is 3.94. The van der Waals surface area contributed by atoms with E-state index in [4.69, 9.17) is 14.2 Å². The van der Waals surface area contributed by atoms with Crippen molar-refractivity contribution < 1.29 is 31.0 Å². The van der Waals surface area contributed by atoms with E-state index in [2.05, 4.69) is 0 Å². The van der Waals surface area contributed by atoms with Gasteiger partial charge < -0.3 is 14.2 Å². The second kappa shape index (κ2) is 7.23. The second-order valence-electron chi connectivity index (χ2n) is 7.07. The molecule has 8 nitrogen and oxygen atoms in total. The Morgan fingerprint density at radius 3 is 2.52 bits per heavy atom. The van der Waals surface area contributed by atoms with E-state index in [1.807, 2.05) is 0 Å². The van der Waals surface area contributed by atoms with Crippen molar-refractivity contribution in [1.29, 1.82) is 0 Å². The summed E-state index contributed by atoms with van der Waals surface area (Å²) in [5.41, 5.74) is 0. The molecule has 3 aliphatic heterocycles. The minimum absolute atomic E-state index is 0.0103. The van der Waals surface area contributed by atoms with Gasteiger partial charge in [0.15, 0.2) is 21.3 Å². The van der Waals surface area contributed by atoms with E-state index in [9.17, 15) is 16.8 Å². The topological polar surface area (TPSA) is 99.2 Å². The van der Waals surface area contributed by atoms with Crippen LogP contribution in [0.25, 0.3) is 0 Å². The number of ether oxygens (including phenoxy) is 3. The molecule has 1 aromatic rings. The van der Waals surface area contributed by atoms with Crippen LogP contribution in [0.15, 0.2) is 23.1 Å². The first-order valence-electron chi connectivity index (χ1n) is 9.09. The normalized spacial score (nSPS) is 27.1. The van der Waals surface area contributed by atoms with Crippen molar-refractivity contribution >= 4 is 19.9 Å². The van der Waals surface area contributed by atoms with Gasteiger partial charge in [-0.05, 0) is 31.4 Å². The van der Waals surface area contributed by atoms with Crippen LogP contribution >= 0.6 is 0 Å². The smallest absolute Gasteiger partial charge is 0.243 e. The fourth-order valence-corrected chi connectivity index (χ4v) is 7.28. The molecular formula is C17H23NO7S2. The zero-order valence-electron chi connectivity index (χ0n) is 14.9. The third-order valence-corrected chi connectivity index (χ3v) is 8.81. The number of sulfone groups is 1. The van der Waals surface area contributed by atoms with Gasteiger partial charge in [-0.15, -0.1) is 0 Å². The molecule has 1 aromatic carbocycles. The van der Waals surface area contributed by atoms with Crippen molar-refractivity contribution in [2.45, 2.75) is 36.3 Å². The molecule has 3 heterocycles. The van der Waals surface area contributed by atoms with Crippen LogP contribution in [0.5, 0.6) is 11.5 Å². The average Bonchev–Trinajstić information content (AvgIpc) is 3.28. The molecule has 0 spiro atoms. The van der Waals surface area contributed by atoms with E-state index in [-0.39, 0.29) is 29.0 Å². The quantitative estimate of drug-likeness (QED) is 0.699. The largest absolute Gasteiger partial charge is 0.486 e. The molecule has 0 N–H and O–H groups in total. The third-order valence-electron chi connectivity index (χ3n) is 5.14. The molecule has 10 heteroatoms. The summed E-state index contributed by atoms with van der Waals surface area (Å²) in [6.45, 7) is 1.55. The van der Waals surface area contributed by atoms with Crippen LogP contribution in [0.4, 0.5) is 0 Å². The van der Waals surface area contributed by atoms with Crippen molar-refractivity contribution in [2.75, 3.05) is 37.9 Å². The highest BCUT2D eigenvalue weighted by molar-refractivity contribution is 7.92. The molecule has 0 aliphatic carbocycles. The Balaban J connectivity index is 1.66. The van der Waals surface area contributed by atoms with Gasteiger partial charge in [0.25, 0.3) is 0 Å². The molecule has 0 amide bonds. The van der Waals surface area contributed by atoms with Crippen molar-refractivity contribution in [3.63, 3.8) is 0 Å². The summed E-state index contributed by atoms with van der Waals surface area (Å²) in [4.78, 5) is 0.0778. The summed E-state index contributed by atoms with van der Waals surface area (Å²) < 4.78 is 68.6. The molecule has 0 unspecified atom stereocenters. The Labute approximate surface area is 159 Å². The predicted molar refractivity (Wildman–Crippen MR) is 97.4 cm³/mol. The van der Waals surface area contributed by atoms with E-state index in [1.54, 1.807) is 6.07 Å². The molecule has 27 heavy (non-hydrogen) atoms. The van der Waals surface area contributed by atoms with Crippen LogP contribution in [0.3, 0.4) is 0 Å². The number of fused-ring (bicyclic) bond motifs is 1. The van der Waals surface area contributed by atoms with Gasteiger partial charge in [-0.2, -0.15) is 4.31 Å². The Morgan fingerprint density at radius 1 is 1.07 bits per heavy atom. The fourth-order valence-electron chi connectivity index (χ4n) is 3.75. The first-order valence-corrected chi connectivity index (χ1v) is 12.3. The maximum Gasteiger partial charge on any atom is 0.243 e. The summed E-state index contributed by atoms with van der Waals surface area (Å²) in [6, 6.07) is 3.94. The molecular weight excluding hydrogens is 394 g/mol. The lowest BCUT2D eigenvalue weighted by Crippen LogP contribution is -2.45. The lowest BCUT2D eigenvalue weighted by Gasteiger charge is -2.30. The van der Waals surface area contributed by atoms with Crippen LogP contribution in [0, 0.1) is 0 Å². The predicted octanol–water partition coefficient (Wildman–Crippen LogP) is 0.815. The van der Waals surface area contributed by atoms with Gasteiger partial charge in [0.2, 0.25) is 10.0 Å². The first kappa shape index (κ1) is 19.0. The SMILES string of the molecule is O=S1(=O)CC[C@@H](N(C[C@H]2CCCO2)S(=O)(=O)c2ccc3c(c2)OCCO3)C1. The van der Waals surface area contributed by atoms with Crippen LogP contribution in [-0.2, 0) is 24.6 Å². The van der Waals surface area contributed by atoms with Gasteiger partial charge in [-0.1, -0.05) is 0 Å². The minimum atomic E-state index is -3.90. The highest BCUT2D eigenvalue weighted by atomic mass is 32.2.